The van der Waals surface area contributed by atoms with Crippen molar-refractivity contribution in [1.82, 2.24) is 19.5 Å². The Bertz CT molecular complexity index is 722. The first-order chi connectivity index (χ1) is 9.28. The summed E-state index contributed by atoms with van der Waals surface area (Å²) < 4.78 is 3.08. The minimum Gasteiger partial charge on any atom is -0.371 e. The van der Waals surface area contributed by atoms with E-state index in [4.69, 9.17) is 0 Å². The molecule has 0 saturated carbocycles. The van der Waals surface area contributed by atoms with Crippen molar-refractivity contribution in [3.63, 3.8) is 0 Å². The first-order valence-corrected chi connectivity index (χ1v) is 6.65. The summed E-state index contributed by atoms with van der Waals surface area (Å²) in [4.78, 5) is 12.8. The Morgan fingerprint density at radius 1 is 1.26 bits per heavy atom. The van der Waals surface area contributed by atoms with Gasteiger partial charge in [-0.05, 0) is 17.7 Å². The lowest BCUT2D eigenvalue weighted by atomic mass is 10.2. The number of hydrogen-bond donors (Lipinski definition) is 1. The number of halogens is 1. The minimum absolute atomic E-state index is 0.732. The van der Waals surface area contributed by atoms with Crippen LogP contribution in [0.1, 0.15) is 5.56 Å². The molecule has 0 unspecified atom stereocenters. The molecule has 5 nitrogen and oxygen atoms in total. The van der Waals surface area contributed by atoms with Gasteiger partial charge < -0.3 is 9.88 Å². The van der Waals surface area contributed by atoms with Gasteiger partial charge >= 0.3 is 0 Å². The second-order valence-corrected chi connectivity index (χ2v) is 5.06. The van der Waals surface area contributed by atoms with Gasteiger partial charge in [-0.2, -0.15) is 0 Å². The maximum Gasteiger partial charge on any atom is 0.165 e. The number of rotatable bonds is 3. The number of benzene rings is 1. The van der Waals surface area contributed by atoms with Crippen LogP contribution in [-0.4, -0.2) is 26.6 Å². The molecular formula is C13H12BrN5. The van der Waals surface area contributed by atoms with Crippen LogP contribution in [0.25, 0.3) is 11.2 Å². The molecule has 0 atom stereocenters. The van der Waals surface area contributed by atoms with Gasteiger partial charge in [0.05, 0.1) is 12.9 Å². The summed E-state index contributed by atoms with van der Waals surface area (Å²) in [5, 5.41) is 3.02. The normalized spacial score (nSPS) is 10.8. The van der Waals surface area contributed by atoms with E-state index in [9.17, 15) is 0 Å². The molecule has 0 amide bonds. The summed E-state index contributed by atoms with van der Waals surface area (Å²) in [6.07, 6.45) is 3.34. The lowest BCUT2D eigenvalue weighted by Gasteiger charge is -2.05. The van der Waals surface area contributed by atoms with Gasteiger partial charge in [-0.3, -0.25) is 0 Å². The number of fused-ring (bicyclic) bond motifs is 1. The van der Waals surface area contributed by atoms with Gasteiger partial charge in [0.2, 0.25) is 0 Å². The largest absolute Gasteiger partial charge is 0.371 e. The lowest BCUT2D eigenvalue weighted by Crippen LogP contribution is -2.00. The maximum atomic E-state index is 4.37. The molecule has 3 rings (SSSR count). The van der Waals surface area contributed by atoms with E-state index in [0.717, 1.165) is 28.0 Å². The molecule has 1 aromatic carbocycles. The van der Waals surface area contributed by atoms with Gasteiger partial charge in [-0.15, -0.1) is 0 Å². The number of aromatic nitrogens is 4. The van der Waals surface area contributed by atoms with Crippen molar-refractivity contribution in [3.05, 3.63) is 47.0 Å². The zero-order valence-corrected chi connectivity index (χ0v) is 11.9. The van der Waals surface area contributed by atoms with E-state index < -0.39 is 0 Å². The third kappa shape index (κ3) is 2.31. The van der Waals surface area contributed by atoms with Gasteiger partial charge in [0.1, 0.15) is 11.8 Å². The predicted octanol–water partition coefficient (Wildman–Crippen LogP) is 2.68. The molecule has 2 heterocycles. The van der Waals surface area contributed by atoms with E-state index in [2.05, 4.69) is 48.3 Å². The van der Waals surface area contributed by atoms with Crippen molar-refractivity contribution in [2.24, 2.45) is 0 Å². The lowest BCUT2D eigenvalue weighted by molar-refractivity contribution is 0.812. The van der Waals surface area contributed by atoms with E-state index in [1.54, 1.807) is 12.7 Å². The monoisotopic (exact) mass is 317 g/mol. The van der Waals surface area contributed by atoms with Crippen molar-refractivity contribution < 1.29 is 0 Å². The second kappa shape index (κ2) is 4.97. The zero-order chi connectivity index (χ0) is 13.2. The summed E-state index contributed by atoms with van der Waals surface area (Å²) >= 11 is 3.48. The van der Waals surface area contributed by atoms with E-state index in [1.165, 1.54) is 5.56 Å². The Morgan fingerprint density at radius 3 is 2.95 bits per heavy atom. The third-order valence-electron chi connectivity index (χ3n) is 2.88. The fraction of sp³-hybridized carbons (Fsp3) is 0.154. The molecule has 0 radical (unpaired) electrons. The van der Waals surface area contributed by atoms with Crippen LogP contribution in [0.4, 0.5) is 5.82 Å². The summed E-state index contributed by atoms with van der Waals surface area (Å²) in [6, 6.07) is 8.20. The van der Waals surface area contributed by atoms with E-state index in [-0.39, 0.29) is 0 Å². The standard InChI is InChI=1S/C13H12BrN5/c1-15-12-11-13(17-7-16-12)19(8-18-11)6-9-3-2-4-10(14)5-9/h2-5,7-8H,6H2,1H3,(H,15,16,17). The molecule has 0 aliphatic carbocycles. The molecule has 96 valence electrons. The fourth-order valence-corrected chi connectivity index (χ4v) is 2.46. The summed E-state index contributed by atoms with van der Waals surface area (Å²) in [5.41, 5.74) is 2.82. The highest BCUT2D eigenvalue weighted by molar-refractivity contribution is 9.10. The van der Waals surface area contributed by atoms with E-state index in [0.29, 0.717) is 0 Å². The van der Waals surface area contributed by atoms with Gasteiger partial charge in [-0.1, -0.05) is 28.1 Å². The number of hydrogen-bond acceptors (Lipinski definition) is 4. The highest BCUT2D eigenvalue weighted by Crippen LogP contribution is 2.19. The van der Waals surface area contributed by atoms with Crippen LogP contribution < -0.4 is 5.32 Å². The molecule has 1 N–H and O–H groups in total. The van der Waals surface area contributed by atoms with Gasteiger partial charge in [-0.25, -0.2) is 15.0 Å². The van der Waals surface area contributed by atoms with Crippen molar-refractivity contribution in [2.45, 2.75) is 6.54 Å². The molecule has 6 heteroatoms. The molecule has 0 aliphatic rings. The highest BCUT2D eigenvalue weighted by atomic mass is 79.9. The molecule has 19 heavy (non-hydrogen) atoms. The van der Waals surface area contributed by atoms with Crippen LogP contribution in [0.2, 0.25) is 0 Å². The first-order valence-electron chi connectivity index (χ1n) is 5.86. The highest BCUT2D eigenvalue weighted by Gasteiger charge is 2.09. The van der Waals surface area contributed by atoms with Gasteiger partial charge in [0.25, 0.3) is 0 Å². The molecule has 0 bridgehead atoms. The van der Waals surface area contributed by atoms with E-state index in [1.807, 2.05) is 23.7 Å². The van der Waals surface area contributed by atoms with Crippen LogP contribution in [0.5, 0.6) is 0 Å². The maximum absolute atomic E-state index is 4.37. The number of anilines is 1. The second-order valence-electron chi connectivity index (χ2n) is 4.15. The van der Waals surface area contributed by atoms with Crippen LogP contribution >= 0.6 is 15.9 Å². The fourth-order valence-electron chi connectivity index (χ4n) is 2.01. The molecular weight excluding hydrogens is 306 g/mol. The quantitative estimate of drug-likeness (QED) is 0.807. The van der Waals surface area contributed by atoms with Gasteiger partial charge in [0.15, 0.2) is 11.5 Å². The Balaban J connectivity index is 2.02. The van der Waals surface area contributed by atoms with Gasteiger partial charge in [0, 0.05) is 11.5 Å². The van der Waals surface area contributed by atoms with Crippen molar-refractivity contribution in [2.75, 3.05) is 12.4 Å². The molecule has 0 saturated heterocycles. The summed E-state index contributed by atoms with van der Waals surface area (Å²) in [6.45, 7) is 0.732. The number of nitrogens with zero attached hydrogens (tertiary/aromatic N) is 4. The zero-order valence-electron chi connectivity index (χ0n) is 10.3. The van der Waals surface area contributed by atoms with Crippen LogP contribution in [0, 0.1) is 0 Å². The third-order valence-corrected chi connectivity index (χ3v) is 3.37. The predicted molar refractivity (Wildman–Crippen MR) is 78.1 cm³/mol. The average molecular weight is 318 g/mol. The molecule has 0 aliphatic heterocycles. The Labute approximate surface area is 118 Å². The van der Waals surface area contributed by atoms with Crippen molar-refractivity contribution in [1.29, 1.82) is 0 Å². The summed E-state index contributed by atoms with van der Waals surface area (Å²) in [7, 11) is 1.83. The van der Waals surface area contributed by atoms with Crippen LogP contribution in [0.3, 0.4) is 0 Å². The van der Waals surface area contributed by atoms with Crippen molar-refractivity contribution in [3.8, 4) is 0 Å². The minimum atomic E-state index is 0.732. The Hall–Kier alpha value is -1.95. The SMILES string of the molecule is CNc1ncnc2c1ncn2Cc1cccc(Br)c1. The summed E-state index contributed by atoms with van der Waals surface area (Å²) in [5.74, 6) is 0.748. The Kier molecular flexibility index (Phi) is 3.16. The first kappa shape index (κ1) is 12.1. The van der Waals surface area contributed by atoms with E-state index >= 15 is 0 Å². The van der Waals surface area contributed by atoms with Crippen LogP contribution in [-0.2, 0) is 6.54 Å². The Morgan fingerprint density at radius 2 is 2.16 bits per heavy atom. The molecule has 3 aromatic rings. The number of nitrogens with one attached hydrogen (secondary N) is 1. The van der Waals surface area contributed by atoms with Crippen LogP contribution in [0.15, 0.2) is 41.4 Å². The average Bonchev–Trinajstić information content (AvgIpc) is 2.82. The molecule has 2 aromatic heterocycles. The molecule has 0 fully saturated rings. The molecule has 0 spiro atoms. The van der Waals surface area contributed by atoms with Crippen molar-refractivity contribution >= 4 is 32.9 Å². The topological polar surface area (TPSA) is 55.6 Å². The smallest absolute Gasteiger partial charge is 0.165 e. The number of imidazole rings is 1.